The summed E-state index contributed by atoms with van der Waals surface area (Å²) in [5.41, 5.74) is 4.48. The molecule has 0 fully saturated rings. The molecular weight excluding hydrogens is 306 g/mol. The van der Waals surface area contributed by atoms with Crippen molar-refractivity contribution in [3.8, 4) is 0 Å². The van der Waals surface area contributed by atoms with Gasteiger partial charge in [0.05, 0.1) is 11.8 Å². The first-order valence-corrected chi connectivity index (χ1v) is 8.92. The first kappa shape index (κ1) is 16.0. The summed E-state index contributed by atoms with van der Waals surface area (Å²) < 4.78 is 0. The smallest absolute Gasteiger partial charge is 0.230 e. The van der Waals surface area contributed by atoms with E-state index in [1.54, 1.807) is 0 Å². The van der Waals surface area contributed by atoms with E-state index >= 15 is 0 Å². The van der Waals surface area contributed by atoms with Gasteiger partial charge in [-0.1, -0.05) is 36.0 Å². The van der Waals surface area contributed by atoms with Crippen LogP contribution in [0.5, 0.6) is 0 Å². The van der Waals surface area contributed by atoms with Crippen LogP contribution < -0.4 is 5.32 Å². The summed E-state index contributed by atoms with van der Waals surface area (Å²) in [4.78, 5) is 21.0. The van der Waals surface area contributed by atoms with Crippen molar-refractivity contribution in [2.24, 2.45) is 0 Å². The fraction of sp³-hybridized carbons (Fsp3) is 0.389. The van der Waals surface area contributed by atoms with Crippen molar-refractivity contribution in [3.63, 3.8) is 0 Å². The van der Waals surface area contributed by atoms with Crippen molar-refractivity contribution in [2.75, 3.05) is 5.75 Å². The van der Waals surface area contributed by atoms with Gasteiger partial charge in [-0.3, -0.25) is 4.79 Å². The summed E-state index contributed by atoms with van der Waals surface area (Å²) in [5, 5.41) is 3.83. The molecule has 0 unspecified atom stereocenters. The second kappa shape index (κ2) is 7.13. The van der Waals surface area contributed by atoms with Crippen molar-refractivity contribution in [3.05, 3.63) is 52.8 Å². The van der Waals surface area contributed by atoms with Crippen molar-refractivity contribution in [2.45, 2.75) is 44.3 Å². The van der Waals surface area contributed by atoms with Crippen LogP contribution in [0, 0.1) is 13.8 Å². The number of rotatable bonds is 4. The van der Waals surface area contributed by atoms with Gasteiger partial charge in [0.1, 0.15) is 0 Å². The number of thioether (sulfide) groups is 1. The lowest BCUT2D eigenvalue weighted by molar-refractivity contribution is -0.119. The molecule has 1 aliphatic rings. The summed E-state index contributed by atoms with van der Waals surface area (Å²) in [5.74, 6) is 0.390. The molecule has 23 heavy (non-hydrogen) atoms. The van der Waals surface area contributed by atoms with Gasteiger partial charge in [-0.05, 0) is 50.3 Å². The fourth-order valence-electron chi connectivity index (χ4n) is 3.03. The minimum Gasteiger partial charge on any atom is -0.349 e. The highest BCUT2D eigenvalue weighted by Gasteiger charge is 2.21. The third-order valence-electron chi connectivity index (χ3n) is 4.00. The minimum atomic E-state index is 0.0412. The average Bonchev–Trinajstić information content (AvgIpc) is 2.52. The van der Waals surface area contributed by atoms with Gasteiger partial charge >= 0.3 is 0 Å². The SMILES string of the molecule is Cc1cc(C)nc(SCC(=O)N[C@@H]2CCCc3ccccc32)n1. The van der Waals surface area contributed by atoms with Gasteiger partial charge in [0.15, 0.2) is 5.16 Å². The Kier molecular flexibility index (Phi) is 4.96. The van der Waals surface area contributed by atoms with Crippen molar-refractivity contribution >= 4 is 17.7 Å². The van der Waals surface area contributed by atoms with E-state index in [9.17, 15) is 4.79 Å². The molecule has 5 heteroatoms. The van der Waals surface area contributed by atoms with Gasteiger partial charge < -0.3 is 5.32 Å². The van der Waals surface area contributed by atoms with Crippen LogP contribution in [-0.2, 0) is 11.2 Å². The minimum absolute atomic E-state index is 0.0412. The van der Waals surface area contributed by atoms with E-state index in [1.165, 1.54) is 22.9 Å². The molecule has 0 aliphatic heterocycles. The number of aromatic nitrogens is 2. The van der Waals surface area contributed by atoms with E-state index < -0.39 is 0 Å². The molecule has 0 saturated heterocycles. The molecular formula is C18H21N3OS. The predicted octanol–water partition coefficient (Wildman–Crippen LogP) is 3.38. The van der Waals surface area contributed by atoms with Crippen molar-refractivity contribution < 1.29 is 4.79 Å². The first-order valence-electron chi connectivity index (χ1n) is 7.94. The number of amides is 1. The maximum absolute atomic E-state index is 12.3. The Morgan fingerprint density at radius 2 is 2.00 bits per heavy atom. The van der Waals surface area contributed by atoms with Crippen LogP contribution >= 0.6 is 11.8 Å². The lowest BCUT2D eigenvalue weighted by atomic mass is 9.88. The molecule has 0 bridgehead atoms. The van der Waals surface area contributed by atoms with Crippen LogP contribution in [-0.4, -0.2) is 21.6 Å². The van der Waals surface area contributed by atoms with Crippen LogP contribution in [0.15, 0.2) is 35.5 Å². The molecule has 1 aliphatic carbocycles. The molecule has 0 saturated carbocycles. The zero-order valence-corrected chi connectivity index (χ0v) is 14.3. The number of fused-ring (bicyclic) bond motifs is 1. The molecule has 1 amide bonds. The second-order valence-corrected chi connectivity index (χ2v) is 6.88. The number of nitrogens with one attached hydrogen (secondary N) is 1. The zero-order valence-electron chi connectivity index (χ0n) is 13.5. The van der Waals surface area contributed by atoms with E-state index in [1.807, 2.05) is 26.0 Å². The van der Waals surface area contributed by atoms with E-state index in [-0.39, 0.29) is 11.9 Å². The summed E-state index contributed by atoms with van der Waals surface area (Å²) in [7, 11) is 0. The Balaban J connectivity index is 1.60. The normalized spacial score (nSPS) is 16.7. The lowest BCUT2D eigenvalue weighted by Crippen LogP contribution is -2.32. The summed E-state index contributed by atoms with van der Waals surface area (Å²) >= 11 is 1.39. The predicted molar refractivity (Wildman–Crippen MR) is 92.5 cm³/mol. The number of hydrogen-bond acceptors (Lipinski definition) is 4. The molecule has 1 N–H and O–H groups in total. The summed E-state index contributed by atoms with van der Waals surface area (Å²) in [6.07, 6.45) is 3.23. The molecule has 1 aromatic carbocycles. The zero-order chi connectivity index (χ0) is 16.2. The summed E-state index contributed by atoms with van der Waals surface area (Å²) in [6.45, 7) is 3.88. The van der Waals surface area contributed by atoms with E-state index in [2.05, 4.69) is 33.5 Å². The van der Waals surface area contributed by atoms with E-state index in [0.29, 0.717) is 10.9 Å². The highest BCUT2D eigenvalue weighted by Crippen LogP contribution is 2.29. The quantitative estimate of drug-likeness (QED) is 0.691. The molecule has 1 aromatic heterocycles. The Hall–Kier alpha value is -1.88. The largest absolute Gasteiger partial charge is 0.349 e. The molecule has 4 nitrogen and oxygen atoms in total. The number of hydrogen-bond donors (Lipinski definition) is 1. The highest BCUT2D eigenvalue weighted by molar-refractivity contribution is 7.99. The van der Waals surface area contributed by atoms with E-state index in [0.717, 1.165) is 30.7 Å². The number of aryl methyl sites for hydroxylation is 3. The molecule has 0 radical (unpaired) electrons. The molecule has 2 aromatic rings. The number of carbonyl (C=O) groups is 1. The maximum atomic E-state index is 12.3. The third-order valence-corrected chi connectivity index (χ3v) is 4.85. The van der Waals surface area contributed by atoms with Gasteiger partial charge in [0, 0.05) is 11.4 Å². The monoisotopic (exact) mass is 327 g/mol. The van der Waals surface area contributed by atoms with Gasteiger partial charge in [0.2, 0.25) is 5.91 Å². The lowest BCUT2D eigenvalue weighted by Gasteiger charge is -2.26. The van der Waals surface area contributed by atoms with E-state index in [4.69, 9.17) is 0 Å². The second-order valence-electron chi connectivity index (χ2n) is 5.93. The Morgan fingerprint density at radius 3 is 2.78 bits per heavy atom. The molecule has 1 atom stereocenters. The van der Waals surface area contributed by atoms with Gasteiger partial charge in [-0.15, -0.1) is 0 Å². The van der Waals surface area contributed by atoms with Crippen LogP contribution in [0.4, 0.5) is 0 Å². The maximum Gasteiger partial charge on any atom is 0.230 e. The third kappa shape index (κ3) is 4.10. The standard InChI is InChI=1S/C18H21N3OS/c1-12-10-13(2)20-18(19-12)23-11-17(22)21-16-9-5-7-14-6-3-4-8-15(14)16/h3-4,6,8,10,16H,5,7,9,11H2,1-2H3,(H,21,22)/t16-/m1/s1. The first-order chi connectivity index (χ1) is 11.1. The molecule has 1 heterocycles. The van der Waals surface area contributed by atoms with Crippen LogP contribution in [0.3, 0.4) is 0 Å². The average molecular weight is 327 g/mol. The molecule has 120 valence electrons. The Bertz CT molecular complexity index is 697. The van der Waals surface area contributed by atoms with Crippen molar-refractivity contribution in [1.29, 1.82) is 0 Å². The van der Waals surface area contributed by atoms with Crippen LogP contribution in [0.1, 0.15) is 41.4 Å². The number of benzene rings is 1. The Morgan fingerprint density at radius 1 is 1.26 bits per heavy atom. The van der Waals surface area contributed by atoms with Gasteiger partial charge in [-0.25, -0.2) is 9.97 Å². The van der Waals surface area contributed by atoms with Crippen LogP contribution in [0.2, 0.25) is 0 Å². The van der Waals surface area contributed by atoms with Gasteiger partial charge in [0.25, 0.3) is 0 Å². The highest BCUT2D eigenvalue weighted by atomic mass is 32.2. The molecule has 3 rings (SSSR count). The van der Waals surface area contributed by atoms with Crippen molar-refractivity contribution in [1.82, 2.24) is 15.3 Å². The number of nitrogens with zero attached hydrogens (tertiary/aromatic N) is 2. The van der Waals surface area contributed by atoms with Crippen LogP contribution in [0.25, 0.3) is 0 Å². The topological polar surface area (TPSA) is 54.9 Å². The summed E-state index contributed by atoms with van der Waals surface area (Å²) in [6, 6.07) is 10.5. The number of carbonyl (C=O) groups excluding carboxylic acids is 1. The van der Waals surface area contributed by atoms with Gasteiger partial charge in [-0.2, -0.15) is 0 Å². The Labute approximate surface area is 141 Å². The molecule has 0 spiro atoms. The fourth-order valence-corrected chi connectivity index (χ4v) is 3.79.